The number of halogens is 3. The van der Waals surface area contributed by atoms with Crippen LogP contribution in [-0.4, -0.2) is 10.9 Å². The number of aromatic nitrogens is 1. The number of anilines is 2. The quantitative estimate of drug-likeness (QED) is 0.891. The zero-order chi connectivity index (χ0) is 14.0. The van der Waals surface area contributed by atoms with Crippen molar-refractivity contribution in [3.8, 4) is 0 Å². The molecule has 0 aliphatic carbocycles. The normalized spacial score (nSPS) is 10.3. The summed E-state index contributed by atoms with van der Waals surface area (Å²) in [7, 11) is 0. The third-order valence-electron chi connectivity index (χ3n) is 2.27. The van der Waals surface area contributed by atoms with Crippen LogP contribution in [0.25, 0.3) is 0 Å². The molecule has 1 amide bonds. The molecule has 0 saturated carbocycles. The second kappa shape index (κ2) is 5.31. The summed E-state index contributed by atoms with van der Waals surface area (Å²) in [6, 6.07) is 4.25. The number of carbonyl (C=O) groups is 1. The average Bonchev–Trinajstić information content (AvgIpc) is 2.32. The SMILES string of the molecule is Nc1cnc(NC(=O)c2ccc(F)cc2F)c(Br)c1. The van der Waals surface area contributed by atoms with Crippen molar-refractivity contribution < 1.29 is 13.6 Å². The summed E-state index contributed by atoms with van der Waals surface area (Å²) in [5.41, 5.74) is 5.65. The lowest BCUT2D eigenvalue weighted by atomic mass is 10.2. The first-order valence-corrected chi connectivity index (χ1v) is 5.94. The van der Waals surface area contributed by atoms with Gasteiger partial charge < -0.3 is 11.1 Å². The summed E-state index contributed by atoms with van der Waals surface area (Å²) in [6.45, 7) is 0. The zero-order valence-corrected chi connectivity index (χ0v) is 11.0. The van der Waals surface area contributed by atoms with Crippen LogP contribution in [0.3, 0.4) is 0 Å². The summed E-state index contributed by atoms with van der Waals surface area (Å²) in [6.07, 6.45) is 1.35. The van der Waals surface area contributed by atoms with Crippen LogP contribution < -0.4 is 11.1 Å². The third-order valence-corrected chi connectivity index (χ3v) is 2.87. The van der Waals surface area contributed by atoms with Crippen molar-refractivity contribution in [3.05, 3.63) is 52.1 Å². The van der Waals surface area contributed by atoms with E-state index in [1.807, 2.05) is 0 Å². The van der Waals surface area contributed by atoms with Gasteiger partial charge in [0.15, 0.2) is 0 Å². The first-order valence-electron chi connectivity index (χ1n) is 5.15. The number of hydrogen-bond acceptors (Lipinski definition) is 3. The lowest BCUT2D eigenvalue weighted by Gasteiger charge is -2.07. The van der Waals surface area contributed by atoms with E-state index < -0.39 is 17.5 Å². The van der Waals surface area contributed by atoms with E-state index in [1.54, 1.807) is 6.07 Å². The van der Waals surface area contributed by atoms with Crippen molar-refractivity contribution in [2.45, 2.75) is 0 Å². The third kappa shape index (κ3) is 3.05. The smallest absolute Gasteiger partial charge is 0.259 e. The van der Waals surface area contributed by atoms with Crippen LogP contribution in [-0.2, 0) is 0 Å². The monoisotopic (exact) mass is 327 g/mol. The number of amides is 1. The van der Waals surface area contributed by atoms with E-state index in [0.29, 0.717) is 16.2 Å². The van der Waals surface area contributed by atoms with Crippen LogP contribution in [0.2, 0.25) is 0 Å². The number of nitrogen functional groups attached to an aromatic ring is 1. The Morgan fingerprint density at radius 2 is 2.05 bits per heavy atom. The van der Waals surface area contributed by atoms with E-state index in [4.69, 9.17) is 5.73 Å². The summed E-state index contributed by atoms with van der Waals surface area (Å²) >= 11 is 3.17. The topological polar surface area (TPSA) is 68.0 Å². The van der Waals surface area contributed by atoms with Crippen molar-refractivity contribution >= 4 is 33.3 Å². The molecule has 0 spiro atoms. The minimum absolute atomic E-state index is 0.197. The number of nitrogens with two attached hydrogens (primary N) is 1. The molecular weight excluding hydrogens is 320 g/mol. The Balaban J connectivity index is 2.25. The molecule has 1 heterocycles. The molecule has 0 aliphatic rings. The van der Waals surface area contributed by atoms with Crippen LogP contribution in [0.15, 0.2) is 34.9 Å². The maximum atomic E-state index is 13.4. The molecule has 0 radical (unpaired) electrons. The van der Waals surface area contributed by atoms with E-state index in [0.717, 1.165) is 12.1 Å². The second-order valence-corrected chi connectivity index (χ2v) is 4.53. The largest absolute Gasteiger partial charge is 0.397 e. The van der Waals surface area contributed by atoms with E-state index in [2.05, 4.69) is 26.2 Å². The molecule has 0 bridgehead atoms. The van der Waals surface area contributed by atoms with Crippen molar-refractivity contribution in [1.29, 1.82) is 0 Å². The van der Waals surface area contributed by atoms with Crippen molar-refractivity contribution in [3.63, 3.8) is 0 Å². The number of benzene rings is 1. The summed E-state index contributed by atoms with van der Waals surface area (Å²) < 4.78 is 26.6. The number of hydrogen-bond donors (Lipinski definition) is 2. The molecule has 1 aromatic carbocycles. The molecule has 2 rings (SSSR count). The van der Waals surface area contributed by atoms with E-state index >= 15 is 0 Å². The minimum atomic E-state index is -0.941. The number of rotatable bonds is 2. The highest BCUT2D eigenvalue weighted by molar-refractivity contribution is 9.10. The Morgan fingerprint density at radius 3 is 2.68 bits per heavy atom. The molecule has 0 atom stereocenters. The van der Waals surface area contributed by atoms with Gasteiger partial charge in [-0.2, -0.15) is 0 Å². The van der Waals surface area contributed by atoms with Gasteiger partial charge in [-0.3, -0.25) is 4.79 Å². The Hall–Kier alpha value is -2.02. The highest BCUT2D eigenvalue weighted by Crippen LogP contribution is 2.22. The standard InChI is InChI=1S/C12H8BrF2N3O/c13-9-4-7(16)5-17-11(9)18-12(19)8-2-1-6(14)3-10(8)15/h1-5H,16H2,(H,17,18,19). The van der Waals surface area contributed by atoms with Crippen molar-refractivity contribution in [1.82, 2.24) is 4.98 Å². The Kier molecular flexibility index (Phi) is 3.75. The van der Waals surface area contributed by atoms with Gasteiger partial charge in [0.2, 0.25) is 0 Å². The average molecular weight is 328 g/mol. The first kappa shape index (κ1) is 13.4. The summed E-state index contributed by atoms with van der Waals surface area (Å²) in [5.74, 6) is -2.22. The molecule has 3 N–H and O–H groups in total. The molecule has 98 valence electrons. The summed E-state index contributed by atoms with van der Waals surface area (Å²) in [5, 5.41) is 2.40. The van der Waals surface area contributed by atoms with Gasteiger partial charge in [0.25, 0.3) is 5.91 Å². The minimum Gasteiger partial charge on any atom is -0.397 e. The molecular formula is C12H8BrF2N3O. The zero-order valence-electron chi connectivity index (χ0n) is 9.45. The van der Waals surface area contributed by atoms with Gasteiger partial charge in [0.1, 0.15) is 17.5 Å². The molecule has 19 heavy (non-hydrogen) atoms. The second-order valence-electron chi connectivity index (χ2n) is 3.68. The number of pyridine rings is 1. The lowest BCUT2D eigenvalue weighted by Crippen LogP contribution is -2.15. The van der Waals surface area contributed by atoms with Crippen LogP contribution in [0.1, 0.15) is 10.4 Å². The molecule has 0 aliphatic heterocycles. The van der Waals surface area contributed by atoms with E-state index in [1.165, 1.54) is 6.20 Å². The van der Waals surface area contributed by atoms with Gasteiger partial charge >= 0.3 is 0 Å². The number of nitrogens with one attached hydrogen (secondary N) is 1. The molecule has 7 heteroatoms. The van der Waals surface area contributed by atoms with Crippen molar-refractivity contribution in [2.24, 2.45) is 0 Å². The van der Waals surface area contributed by atoms with E-state index in [-0.39, 0.29) is 11.4 Å². The Labute approximate surface area is 115 Å². The number of nitrogens with zero attached hydrogens (tertiary/aromatic N) is 1. The predicted octanol–water partition coefficient (Wildman–Crippen LogP) is 2.96. The fourth-order valence-electron chi connectivity index (χ4n) is 1.39. The van der Waals surface area contributed by atoms with Gasteiger partial charge in [-0.1, -0.05) is 0 Å². The van der Waals surface area contributed by atoms with Crippen LogP contribution in [0.4, 0.5) is 20.3 Å². The number of carbonyl (C=O) groups excluding carboxylic acids is 1. The first-order chi connectivity index (χ1) is 8.97. The highest BCUT2D eigenvalue weighted by atomic mass is 79.9. The molecule has 4 nitrogen and oxygen atoms in total. The maximum absolute atomic E-state index is 13.4. The van der Waals surface area contributed by atoms with E-state index in [9.17, 15) is 13.6 Å². The van der Waals surface area contributed by atoms with Crippen LogP contribution in [0, 0.1) is 11.6 Å². The molecule has 0 fully saturated rings. The van der Waals surface area contributed by atoms with Gasteiger partial charge in [-0.25, -0.2) is 13.8 Å². The molecule has 2 aromatic rings. The Bertz CT molecular complexity index is 649. The van der Waals surface area contributed by atoms with Crippen molar-refractivity contribution in [2.75, 3.05) is 11.1 Å². The van der Waals surface area contributed by atoms with Gasteiger partial charge in [-0.05, 0) is 34.1 Å². The van der Waals surface area contributed by atoms with Gasteiger partial charge in [0, 0.05) is 6.07 Å². The van der Waals surface area contributed by atoms with Gasteiger partial charge in [0.05, 0.1) is 21.9 Å². The predicted molar refractivity (Wildman–Crippen MR) is 70.7 cm³/mol. The lowest BCUT2D eigenvalue weighted by molar-refractivity contribution is 0.102. The fourth-order valence-corrected chi connectivity index (χ4v) is 1.86. The maximum Gasteiger partial charge on any atom is 0.259 e. The summed E-state index contributed by atoms with van der Waals surface area (Å²) in [4.78, 5) is 15.7. The Morgan fingerprint density at radius 1 is 1.32 bits per heavy atom. The molecule has 1 aromatic heterocycles. The molecule has 0 unspecified atom stereocenters. The highest BCUT2D eigenvalue weighted by Gasteiger charge is 2.14. The fraction of sp³-hybridized carbons (Fsp3) is 0. The molecule has 0 saturated heterocycles. The van der Waals surface area contributed by atoms with Crippen LogP contribution in [0.5, 0.6) is 0 Å². The van der Waals surface area contributed by atoms with Gasteiger partial charge in [-0.15, -0.1) is 0 Å². The van der Waals surface area contributed by atoms with Crippen LogP contribution >= 0.6 is 15.9 Å².